The highest BCUT2D eigenvalue weighted by Gasteiger charge is 2.13. The second-order valence-corrected chi connectivity index (χ2v) is 11.4. The van der Waals surface area contributed by atoms with Crippen LogP contribution in [-0.4, -0.2) is 6.26 Å². The van der Waals surface area contributed by atoms with E-state index in [1.165, 1.54) is 27.8 Å². The smallest absolute Gasteiger partial charge is 0.135 e. The minimum atomic E-state index is 0.891. The zero-order valence-electron chi connectivity index (χ0n) is 27.3. The lowest BCUT2D eigenvalue weighted by Crippen LogP contribution is -1.83. The molecule has 0 saturated heterocycles. The van der Waals surface area contributed by atoms with Crippen molar-refractivity contribution in [3.63, 3.8) is 0 Å². The van der Waals surface area contributed by atoms with E-state index in [4.69, 9.17) is 8.83 Å². The molecule has 0 radical (unpaired) electrons. The maximum Gasteiger partial charge on any atom is 0.135 e. The molecule has 0 atom stereocenters. The molecule has 9 aromatic rings. The van der Waals surface area contributed by atoms with Crippen LogP contribution < -0.4 is 0 Å². The van der Waals surface area contributed by atoms with Crippen LogP contribution in [0.3, 0.4) is 0 Å². The highest BCUT2D eigenvalue weighted by atomic mass is 32.1. The average molecular weight is 641 g/mol. The summed E-state index contributed by atoms with van der Waals surface area (Å²) in [5, 5.41) is 4.50. The highest BCUT2D eigenvalue weighted by molar-refractivity contribution is 7.79. The second kappa shape index (κ2) is 13.7. The molecule has 0 bridgehead atoms. The van der Waals surface area contributed by atoms with Crippen LogP contribution in [0, 0.1) is 0 Å². The van der Waals surface area contributed by atoms with Crippen molar-refractivity contribution in [2.75, 3.05) is 6.26 Å². The van der Waals surface area contributed by atoms with Crippen LogP contribution in [0.2, 0.25) is 0 Å². The van der Waals surface area contributed by atoms with E-state index in [0.717, 1.165) is 60.6 Å². The summed E-state index contributed by atoms with van der Waals surface area (Å²) in [5.74, 6) is 0. The van der Waals surface area contributed by atoms with Crippen LogP contribution in [0.1, 0.15) is 13.8 Å². The van der Waals surface area contributed by atoms with Crippen LogP contribution in [0.15, 0.2) is 167 Å². The Morgan fingerprint density at radius 3 is 1.10 bits per heavy atom. The van der Waals surface area contributed by atoms with Crippen LogP contribution in [0.5, 0.6) is 0 Å². The number of hydrogen-bond acceptors (Lipinski definition) is 3. The van der Waals surface area contributed by atoms with Crippen LogP contribution in [0.25, 0.3) is 88.4 Å². The first-order chi connectivity index (χ1) is 23.8. The molecular weight excluding hydrogens is 605 g/mol. The van der Waals surface area contributed by atoms with Gasteiger partial charge in [0.05, 0.1) is 0 Å². The Kier molecular flexibility index (Phi) is 8.87. The molecule has 0 aliphatic rings. The molecule has 0 aliphatic heterocycles. The fourth-order valence-electron chi connectivity index (χ4n) is 6.43. The Balaban J connectivity index is 0.000000880. The number of furan rings is 2. The van der Waals surface area contributed by atoms with Crippen molar-refractivity contribution in [1.82, 2.24) is 0 Å². The third-order valence-corrected chi connectivity index (χ3v) is 8.68. The topological polar surface area (TPSA) is 26.3 Å². The van der Waals surface area contributed by atoms with Gasteiger partial charge in [-0.2, -0.15) is 12.6 Å². The lowest BCUT2D eigenvalue weighted by atomic mass is 9.95. The van der Waals surface area contributed by atoms with Gasteiger partial charge in [0, 0.05) is 21.5 Å². The molecule has 0 aliphatic carbocycles. The summed E-state index contributed by atoms with van der Waals surface area (Å²) < 4.78 is 12.3. The monoisotopic (exact) mass is 640 g/mol. The Morgan fingerprint density at radius 2 is 0.625 bits per heavy atom. The minimum Gasteiger partial charge on any atom is -0.456 e. The lowest BCUT2D eigenvalue weighted by molar-refractivity contribution is 0.668. The molecule has 0 saturated carbocycles. The van der Waals surface area contributed by atoms with Crippen molar-refractivity contribution in [3.8, 4) is 44.5 Å². The third kappa shape index (κ3) is 5.78. The highest BCUT2D eigenvalue weighted by Crippen LogP contribution is 2.38. The summed E-state index contributed by atoms with van der Waals surface area (Å²) in [6.45, 7) is 4.00. The Bertz CT molecular complexity index is 2500. The molecule has 2 heterocycles. The fourth-order valence-corrected chi connectivity index (χ4v) is 6.43. The molecule has 48 heavy (non-hydrogen) atoms. The SMILES string of the molecule is CC.CS.c1ccc(-c2cccc(-c3cccc(-c4ccc5oc6ccc(-c7ccc8oc9ccccc9c8c7)cc6c5c4)c3)c2)cc1. The van der Waals surface area contributed by atoms with Gasteiger partial charge >= 0.3 is 0 Å². The van der Waals surface area contributed by atoms with Crippen molar-refractivity contribution < 1.29 is 8.83 Å². The van der Waals surface area contributed by atoms with Gasteiger partial charge in [-0.25, -0.2) is 0 Å². The predicted molar refractivity (Wildman–Crippen MR) is 209 cm³/mol. The molecular formula is C45H36O2S. The van der Waals surface area contributed by atoms with Gasteiger partial charge in [-0.05, 0) is 105 Å². The zero-order chi connectivity index (χ0) is 33.0. The minimum absolute atomic E-state index is 0.891. The first kappa shape index (κ1) is 31.1. The van der Waals surface area contributed by atoms with Gasteiger partial charge in [0.2, 0.25) is 0 Å². The Labute approximate surface area is 286 Å². The van der Waals surface area contributed by atoms with E-state index in [1.54, 1.807) is 6.26 Å². The van der Waals surface area contributed by atoms with Gasteiger partial charge < -0.3 is 8.83 Å². The lowest BCUT2D eigenvalue weighted by Gasteiger charge is -2.09. The largest absolute Gasteiger partial charge is 0.456 e. The quantitative estimate of drug-likeness (QED) is 0.194. The molecule has 9 rings (SSSR count). The van der Waals surface area contributed by atoms with Gasteiger partial charge in [-0.1, -0.05) is 117 Å². The summed E-state index contributed by atoms with van der Waals surface area (Å²) >= 11 is 3.53. The van der Waals surface area contributed by atoms with Crippen LogP contribution in [-0.2, 0) is 0 Å². The second-order valence-electron chi connectivity index (χ2n) is 11.4. The first-order valence-electron chi connectivity index (χ1n) is 16.4. The molecule has 0 fully saturated rings. The van der Waals surface area contributed by atoms with Crippen molar-refractivity contribution in [1.29, 1.82) is 0 Å². The van der Waals surface area contributed by atoms with Gasteiger partial charge in [0.1, 0.15) is 22.3 Å². The Morgan fingerprint density at radius 1 is 0.292 bits per heavy atom. The zero-order valence-corrected chi connectivity index (χ0v) is 28.2. The van der Waals surface area contributed by atoms with Crippen LogP contribution in [0.4, 0.5) is 0 Å². The molecule has 0 N–H and O–H groups in total. The third-order valence-electron chi connectivity index (χ3n) is 8.68. The summed E-state index contributed by atoms with van der Waals surface area (Å²) in [5.41, 5.74) is 13.1. The maximum absolute atomic E-state index is 6.28. The number of hydrogen-bond donors (Lipinski definition) is 1. The van der Waals surface area contributed by atoms with E-state index in [9.17, 15) is 0 Å². The number of para-hydroxylation sites is 1. The maximum atomic E-state index is 6.28. The van der Waals surface area contributed by atoms with Crippen molar-refractivity contribution in [3.05, 3.63) is 158 Å². The first-order valence-corrected chi connectivity index (χ1v) is 17.3. The van der Waals surface area contributed by atoms with Crippen molar-refractivity contribution in [2.24, 2.45) is 0 Å². The summed E-state index contributed by atoms with van der Waals surface area (Å²) in [7, 11) is 0. The van der Waals surface area contributed by atoms with E-state index >= 15 is 0 Å². The molecule has 2 aromatic heterocycles. The molecule has 0 unspecified atom stereocenters. The van der Waals surface area contributed by atoms with Gasteiger partial charge in [-0.3, -0.25) is 0 Å². The van der Waals surface area contributed by atoms with Crippen molar-refractivity contribution >= 4 is 56.5 Å². The predicted octanol–water partition coefficient (Wildman–Crippen LogP) is 13.7. The van der Waals surface area contributed by atoms with Gasteiger partial charge in [-0.15, -0.1) is 0 Å². The average Bonchev–Trinajstić information content (AvgIpc) is 3.74. The molecule has 7 aromatic carbocycles. The summed E-state index contributed by atoms with van der Waals surface area (Å²) in [4.78, 5) is 0. The van der Waals surface area contributed by atoms with Crippen LogP contribution >= 0.6 is 12.6 Å². The number of rotatable bonds is 4. The number of benzene rings is 7. The van der Waals surface area contributed by atoms with Crippen molar-refractivity contribution in [2.45, 2.75) is 13.8 Å². The van der Waals surface area contributed by atoms with E-state index in [-0.39, 0.29) is 0 Å². The number of thiol groups is 1. The standard InChI is InChI=1S/C42H26O2.C2H6.CH4S/c1-2-8-27(9-3-1)28-10-6-11-29(22-28)30-12-7-13-31(23-30)32-16-20-41-37(25-32)38-26-34(18-21-42(38)44-41)33-17-19-40-36(24-33)35-14-4-5-15-39(35)43-40;2*1-2/h1-26H;1-2H3;2H,1H3. The number of fused-ring (bicyclic) bond motifs is 6. The molecule has 2 nitrogen and oxygen atoms in total. The van der Waals surface area contributed by atoms with E-state index in [2.05, 4.69) is 158 Å². The molecule has 0 amide bonds. The van der Waals surface area contributed by atoms with Gasteiger partial charge in [0.25, 0.3) is 0 Å². The molecule has 234 valence electrons. The fraction of sp³-hybridized carbons (Fsp3) is 0.0667. The van der Waals surface area contributed by atoms with E-state index in [0.29, 0.717) is 0 Å². The molecule has 3 heteroatoms. The normalized spacial score (nSPS) is 10.9. The summed E-state index contributed by atoms with van der Waals surface area (Å²) in [6, 6.07) is 55.7. The van der Waals surface area contributed by atoms with Gasteiger partial charge in [0.15, 0.2) is 0 Å². The van der Waals surface area contributed by atoms with E-state index in [1.807, 2.05) is 26.0 Å². The summed E-state index contributed by atoms with van der Waals surface area (Å²) in [6.07, 6.45) is 1.69. The van der Waals surface area contributed by atoms with E-state index < -0.39 is 0 Å². The Hall–Kier alpha value is -5.51. The molecule has 0 spiro atoms.